The molecule has 2 aliphatic rings. The molecule has 1 aliphatic carbocycles. The molecule has 1 unspecified atom stereocenters. The summed E-state index contributed by atoms with van der Waals surface area (Å²) in [4.78, 5) is 17.4. The minimum absolute atomic E-state index is 0.0708. The van der Waals surface area contributed by atoms with Gasteiger partial charge in [-0.25, -0.2) is 0 Å². The van der Waals surface area contributed by atoms with Gasteiger partial charge in [0.25, 0.3) is 5.89 Å². The molecule has 0 spiro atoms. The fourth-order valence-electron chi connectivity index (χ4n) is 3.28. The third-order valence-electron chi connectivity index (χ3n) is 4.66. The number of hydrogen-bond donors (Lipinski definition) is 0. The van der Waals surface area contributed by atoms with Crippen LogP contribution >= 0.6 is 0 Å². The molecule has 6 heteroatoms. The van der Waals surface area contributed by atoms with Crippen LogP contribution in [0.4, 0.5) is 0 Å². The van der Waals surface area contributed by atoms with Crippen molar-refractivity contribution < 1.29 is 14.1 Å². The summed E-state index contributed by atoms with van der Waals surface area (Å²) in [7, 11) is 0. The first-order valence-electron chi connectivity index (χ1n) is 7.98. The molecule has 0 saturated carbocycles. The number of nitrogens with zero attached hydrogens (tertiary/aromatic N) is 3. The second kappa shape index (κ2) is 5.77. The highest BCUT2D eigenvalue weighted by molar-refractivity contribution is 5.74. The molecule has 4 rings (SSSR count). The van der Waals surface area contributed by atoms with E-state index in [-0.39, 0.29) is 17.9 Å². The Morgan fingerprint density at radius 2 is 2.22 bits per heavy atom. The fraction of sp³-hybridized carbons (Fsp3) is 0.471. The van der Waals surface area contributed by atoms with Crippen molar-refractivity contribution in [1.82, 2.24) is 15.0 Å². The third-order valence-corrected chi connectivity index (χ3v) is 4.66. The predicted octanol–water partition coefficient (Wildman–Crippen LogP) is 1.90. The van der Waals surface area contributed by atoms with Crippen LogP contribution in [0.15, 0.2) is 28.8 Å². The Morgan fingerprint density at radius 3 is 3.04 bits per heavy atom. The van der Waals surface area contributed by atoms with E-state index in [0.717, 1.165) is 18.7 Å². The second-order valence-electron chi connectivity index (χ2n) is 6.19. The molecule has 1 atom stereocenters. The van der Waals surface area contributed by atoms with Gasteiger partial charge in [0.1, 0.15) is 6.61 Å². The van der Waals surface area contributed by atoms with Crippen LogP contribution in [0, 0.1) is 0 Å². The number of hydrogen-bond acceptors (Lipinski definition) is 5. The molecule has 2 aromatic rings. The molecule has 0 radical (unpaired) electrons. The Hall–Kier alpha value is -2.21. The lowest BCUT2D eigenvalue weighted by Gasteiger charge is -2.37. The van der Waals surface area contributed by atoms with Crippen molar-refractivity contribution in [1.29, 1.82) is 0 Å². The van der Waals surface area contributed by atoms with E-state index in [9.17, 15) is 4.79 Å². The summed E-state index contributed by atoms with van der Waals surface area (Å²) in [6, 6.07) is 8.43. The van der Waals surface area contributed by atoms with Crippen LogP contribution in [-0.4, -0.2) is 40.1 Å². The number of benzene rings is 1. The van der Waals surface area contributed by atoms with Crippen molar-refractivity contribution in [2.24, 2.45) is 0 Å². The first-order valence-corrected chi connectivity index (χ1v) is 7.98. The number of ether oxygens (including phenoxy) is 1. The van der Waals surface area contributed by atoms with Gasteiger partial charge in [-0.05, 0) is 24.0 Å². The SMILES string of the molecule is CC(=O)N1CC(OCc2nc(C3CCc4ccccc43)no2)C1. The third kappa shape index (κ3) is 2.74. The van der Waals surface area contributed by atoms with Crippen LogP contribution in [0.25, 0.3) is 0 Å². The Morgan fingerprint density at radius 1 is 1.39 bits per heavy atom. The van der Waals surface area contributed by atoms with Gasteiger partial charge in [-0.1, -0.05) is 29.4 Å². The number of aromatic nitrogens is 2. The van der Waals surface area contributed by atoms with E-state index in [4.69, 9.17) is 9.26 Å². The number of likely N-dealkylation sites (tertiary alicyclic amines) is 1. The van der Waals surface area contributed by atoms with E-state index in [1.165, 1.54) is 11.1 Å². The molecule has 1 amide bonds. The van der Waals surface area contributed by atoms with Crippen molar-refractivity contribution in [3.63, 3.8) is 0 Å². The van der Waals surface area contributed by atoms with E-state index in [0.29, 0.717) is 25.6 Å². The van der Waals surface area contributed by atoms with Gasteiger partial charge < -0.3 is 14.2 Å². The molecular weight excluding hydrogens is 294 g/mol. The van der Waals surface area contributed by atoms with Gasteiger partial charge in [0.2, 0.25) is 5.91 Å². The summed E-state index contributed by atoms with van der Waals surface area (Å²) in [5.41, 5.74) is 2.68. The first-order chi connectivity index (χ1) is 11.2. The van der Waals surface area contributed by atoms with E-state index >= 15 is 0 Å². The maximum absolute atomic E-state index is 11.1. The lowest BCUT2D eigenvalue weighted by atomic mass is 10.0. The zero-order valence-corrected chi connectivity index (χ0v) is 13.1. The average molecular weight is 313 g/mol. The summed E-state index contributed by atoms with van der Waals surface area (Å²) < 4.78 is 11.0. The second-order valence-corrected chi connectivity index (χ2v) is 6.19. The minimum Gasteiger partial charge on any atom is -0.365 e. The quantitative estimate of drug-likeness (QED) is 0.862. The topological polar surface area (TPSA) is 68.5 Å². The van der Waals surface area contributed by atoms with Gasteiger partial charge >= 0.3 is 0 Å². The summed E-state index contributed by atoms with van der Waals surface area (Å²) in [6.45, 7) is 3.16. The highest BCUT2D eigenvalue weighted by Crippen LogP contribution is 2.36. The summed E-state index contributed by atoms with van der Waals surface area (Å²) >= 11 is 0. The highest BCUT2D eigenvalue weighted by atomic mass is 16.5. The van der Waals surface area contributed by atoms with Crippen LogP contribution in [0.1, 0.15) is 42.1 Å². The maximum Gasteiger partial charge on any atom is 0.252 e. The lowest BCUT2D eigenvalue weighted by Crippen LogP contribution is -2.53. The van der Waals surface area contributed by atoms with E-state index in [1.807, 2.05) is 0 Å². The molecule has 1 aromatic heterocycles. The molecule has 0 N–H and O–H groups in total. The molecule has 23 heavy (non-hydrogen) atoms. The number of carbonyl (C=O) groups is 1. The molecular formula is C17H19N3O3. The maximum atomic E-state index is 11.1. The molecule has 1 aromatic carbocycles. The minimum atomic E-state index is 0.0708. The number of amides is 1. The van der Waals surface area contributed by atoms with E-state index in [1.54, 1.807) is 11.8 Å². The van der Waals surface area contributed by atoms with Gasteiger partial charge in [-0.15, -0.1) is 0 Å². The first kappa shape index (κ1) is 14.4. The van der Waals surface area contributed by atoms with Crippen LogP contribution in [0.3, 0.4) is 0 Å². The standard InChI is InChI=1S/C17H19N3O3/c1-11(21)20-8-13(9-20)22-10-16-18-17(19-23-16)15-7-6-12-4-2-3-5-14(12)15/h2-5,13,15H,6-10H2,1H3. The molecule has 1 saturated heterocycles. The van der Waals surface area contributed by atoms with Crippen molar-refractivity contribution >= 4 is 5.91 Å². The fourth-order valence-corrected chi connectivity index (χ4v) is 3.28. The van der Waals surface area contributed by atoms with Crippen LogP contribution < -0.4 is 0 Å². The highest BCUT2D eigenvalue weighted by Gasteiger charge is 2.30. The van der Waals surface area contributed by atoms with Crippen molar-refractivity contribution in [3.8, 4) is 0 Å². The molecule has 6 nitrogen and oxygen atoms in total. The smallest absolute Gasteiger partial charge is 0.252 e. The molecule has 0 bridgehead atoms. The Kier molecular flexibility index (Phi) is 3.61. The van der Waals surface area contributed by atoms with E-state index in [2.05, 4.69) is 34.4 Å². The molecule has 120 valence electrons. The Labute approximate surface area is 134 Å². The van der Waals surface area contributed by atoms with Gasteiger partial charge in [-0.3, -0.25) is 4.79 Å². The Bertz CT molecular complexity index is 721. The zero-order chi connectivity index (χ0) is 15.8. The monoisotopic (exact) mass is 313 g/mol. The summed E-state index contributed by atoms with van der Waals surface area (Å²) in [5, 5.41) is 4.13. The predicted molar refractivity (Wildman–Crippen MR) is 81.7 cm³/mol. The number of carbonyl (C=O) groups excluding carboxylic acids is 1. The number of fused-ring (bicyclic) bond motifs is 1. The molecule has 2 heterocycles. The van der Waals surface area contributed by atoms with E-state index < -0.39 is 0 Å². The van der Waals surface area contributed by atoms with Gasteiger partial charge in [0, 0.05) is 25.9 Å². The van der Waals surface area contributed by atoms with Gasteiger partial charge in [0.05, 0.1) is 6.10 Å². The molecule has 1 fully saturated rings. The summed E-state index contributed by atoms with van der Waals surface area (Å²) in [6.07, 6.45) is 2.15. The summed E-state index contributed by atoms with van der Waals surface area (Å²) in [5.74, 6) is 1.56. The average Bonchev–Trinajstić information content (AvgIpc) is 3.11. The van der Waals surface area contributed by atoms with Crippen molar-refractivity contribution in [2.45, 2.75) is 38.4 Å². The zero-order valence-electron chi connectivity index (χ0n) is 13.1. The van der Waals surface area contributed by atoms with Gasteiger partial charge in [-0.2, -0.15) is 4.98 Å². The van der Waals surface area contributed by atoms with Crippen molar-refractivity contribution in [2.75, 3.05) is 13.1 Å². The number of rotatable bonds is 4. The Balaban J connectivity index is 1.36. The lowest BCUT2D eigenvalue weighted by molar-refractivity contribution is -0.144. The van der Waals surface area contributed by atoms with Gasteiger partial charge in [0.15, 0.2) is 5.82 Å². The molecule has 1 aliphatic heterocycles. The normalized spacial score (nSPS) is 20.4. The van der Waals surface area contributed by atoms with Crippen LogP contribution in [0.5, 0.6) is 0 Å². The van der Waals surface area contributed by atoms with Crippen LogP contribution in [-0.2, 0) is 22.6 Å². The largest absolute Gasteiger partial charge is 0.365 e. The van der Waals surface area contributed by atoms with Crippen LogP contribution in [0.2, 0.25) is 0 Å². The van der Waals surface area contributed by atoms with Crippen molar-refractivity contribution in [3.05, 3.63) is 47.1 Å². The number of aryl methyl sites for hydroxylation is 1.